The summed E-state index contributed by atoms with van der Waals surface area (Å²) in [5, 5.41) is 19.5. The summed E-state index contributed by atoms with van der Waals surface area (Å²) < 4.78 is 53.3. The molecule has 0 amide bonds. The minimum absolute atomic E-state index is 0.0151. The zero-order valence-electron chi connectivity index (χ0n) is 39.1. The second kappa shape index (κ2) is 18.5. The fraction of sp³-hybridized carbons (Fsp3) is 0.478. The van der Waals surface area contributed by atoms with Gasteiger partial charge in [0, 0.05) is 63.9 Å². The van der Waals surface area contributed by atoms with Crippen molar-refractivity contribution in [2.75, 3.05) is 35.4 Å². The molecule has 0 unspecified atom stereocenters. The Morgan fingerprint density at radius 3 is 1.27 bits per heavy atom. The Morgan fingerprint density at radius 2 is 0.985 bits per heavy atom. The third-order valence-electron chi connectivity index (χ3n) is 12.3. The van der Waals surface area contributed by atoms with Crippen LogP contribution in [0.15, 0.2) is 46.5 Å². The zero-order valence-corrected chi connectivity index (χ0v) is 40.7. The summed E-state index contributed by atoms with van der Waals surface area (Å²) in [4.78, 5) is 56.7. The molecule has 4 aromatic heterocycles. The number of aryl methyl sites for hydroxylation is 2. The van der Waals surface area contributed by atoms with Gasteiger partial charge in [-0.25, -0.2) is 46.7 Å². The molecular formula is C46H58N10O8S2. The number of nitrogens with zero attached hydrogens (tertiary/aromatic N) is 10. The van der Waals surface area contributed by atoms with E-state index in [4.69, 9.17) is 9.97 Å². The molecule has 0 bridgehead atoms. The molecule has 2 N–H and O–H groups in total. The maximum Gasteiger partial charge on any atom is 0.226 e. The number of aliphatic hydroxyl groups excluding tert-OH is 2. The average Bonchev–Trinajstić information content (AvgIpc) is 3.83. The minimum Gasteiger partial charge on any atom is -0.392 e. The van der Waals surface area contributed by atoms with Gasteiger partial charge in [0.15, 0.2) is 31.2 Å². The third kappa shape index (κ3) is 8.94. The largest absolute Gasteiger partial charge is 0.392 e. The maximum absolute atomic E-state index is 12.3. The van der Waals surface area contributed by atoms with E-state index in [1.807, 2.05) is 36.8 Å². The van der Waals surface area contributed by atoms with E-state index in [2.05, 4.69) is 57.4 Å². The molecular weight excluding hydrogens is 885 g/mol. The first-order valence-corrected chi connectivity index (χ1v) is 25.9. The SMILES string of the molecule is CCC(=O)c1cnc(N2CCn3c(nc4cc(CO)c(S(C)(=O)=O)cc43)[C@@H]2C(C)C)nc1C.CCC(=O)c1cnc(N2CCn3c(nc4cc(CO)c(S(C)(=O)=O)cc43)[C@H]2C(C)C)nc1C. The van der Waals surface area contributed by atoms with Crippen LogP contribution in [0, 0.1) is 25.7 Å². The van der Waals surface area contributed by atoms with Gasteiger partial charge in [0.25, 0.3) is 0 Å². The molecule has 0 fully saturated rings. The lowest BCUT2D eigenvalue weighted by molar-refractivity contribution is 0.0978. The van der Waals surface area contributed by atoms with Crippen LogP contribution in [-0.4, -0.2) is 103 Å². The van der Waals surface area contributed by atoms with Crippen LogP contribution >= 0.6 is 0 Å². The Kier molecular flexibility index (Phi) is 13.5. The molecule has 6 aromatic rings. The van der Waals surface area contributed by atoms with Crippen molar-refractivity contribution in [3.63, 3.8) is 0 Å². The van der Waals surface area contributed by atoms with Gasteiger partial charge in [0.05, 0.1) is 79.7 Å². The third-order valence-corrected chi connectivity index (χ3v) is 14.7. The Balaban J connectivity index is 0.000000196. The number of imidazole rings is 2. The molecule has 352 valence electrons. The van der Waals surface area contributed by atoms with E-state index in [0.29, 0.717) is 95.6 Å². The smallest absolute Gasteiger partial charge is 0.226 e. The number of hydrogen-bond acceptors (Lipinski definition) is 16. The zero-order chi connectivity index (χ0) is 48.2. The fourth-order valence-electron chi connectivity index (χ4n) is 9.14. The molecule has 2 atom stereocenters. The summed E-state index contributed by atoms with van der Waals surface area (Å²) in [6, 6.07) is 6.27. The van der Waals surface area contributed by atoms with Gasteiger partial charge in [0.1, 0.15) is 11.6 Å². The lowest BCUT2D eigenvalue weighted by atomic mass is 10.00. The van der Waals surface area contributed by atoms with Gasteiger partial charge in [-0.2, -0.15) is 0 Å². The van der Waals surface area contributed by atoms with Gasteiger partial charge in [0.2, 0.25) is 11.9 Å². The number of aromatic nitrogens is 8. The quantitative estimate of drug-likeness (QED) is 0.140. The number of anilines is 2. The van der Waals surface area contributed by atoms with Crippen LogP contribution in [0.1, 0.15) is 121 Å². The van der Waals surface area contributed by atoms with E-state index in [-0.39, 0.29) is 58.5 Å². The van der Waals surface area contributed by atoms with Crippen LogP contribution in [0.4, 0.5) is 11.9 Å². The van der Waals surface area contributed by atoms with Crippen LogP contribution in [0.5, 0.6) is 0 Å². The van der Waals surface area contributed by atoms with Crippen molar-refractivity contribution in [3.05, 3.63) is 81.9 Å². The number of rotatable bonds is 12. The summed E-state index contributed by atoms with van der Waals surface area (Å²) in [6.07, 6.45) is 6.29. The molecule has 6 heterocycles. The molecule has 8 rings (SSSR count). The number of carbonyl (C=O) groups excluding carboxylic acids is 2. The summed E-state index contributed by atoms with van der Waals surface area (Å²) in [5.41, 5.74) is 5.82. The Bertz CT molecular complexity index is 2900. The number of ketones is 2. The molecule has 0 saturated heterocycles. The second-order valence-corrected chi connectivity index (χ2v) is 21.6. The monoisotopic (exact) mass is 942 g/mol. The average molecular weight is 943 g/mol. The van der Waals surface area contributed by atoms with Crippen LogP contribution in [0.25, 0.3) is 22.1 Å². The van der Waals surface area contributed by atoms with Crippen molar-refractivity contribution < 1.29 is 36.6 Å². The first-order chi connectivity index (χ1) is 31.1. The topological polar surface area (TPSA) is 237 Å². The van der Waals surface area contributed by atoms with Gasteiger partial charge in [-0.1, -0.05) is 41.5 Å². The number of sulfone groups is 2. The van der Waals surface area contributed by atoms with Gasteiger partial charge in [-0.15, -0.1) is 0 Å². The summed E-state index contributed by atoms with van der Waals surface area (Å²) in [7, 11) is -7.00. The first-order valence-electron chi connectivity index (χ1n) is 22.1. The molecule has 0 aliphatic carbocycles. The number of benzene rings is 2. The number of hydrogen-bond donors (Lipinski definition) is 2. The number of fused-ring (bicyclic) bond motifs is 6. The second-order valence-electron chi connectivity index (χ2n) is 17.7. The molecule has 18 nitrogen and oxygen atoms in total. The van der Waals surface area contributed by atoms with Crippen molar-refractivity contribution in [2.45, 2.75) is 116 Å². The van der Waals surface area contributed by atoms with E-state index in [1.165, 1.54) is 0 Å². The van der Waals surface area contributed by atoms with Crippen molar-refractivity contribution >= 4 is 65.2 Å². The van der Waals surface area contributed by atoms with E-state index in [0.717, 1.165) is 35.2 Å². The van der Waals surface area contributed by atoms with Gasteiger partial charge >= 0.3 is 0 Å². The standard InChI is InChI=1S/2C23H29N5O4S/c2*1-6-19(30)16-11-24-23(25-14(16)4)28-8-7-27-18-10-20(33(5,31)32)15(12-29)9-17(18)26-22(27)21(28)13(2)3/h2*9-11,13,21,29H,6-8,12H2,1-5H3/t2*21-/m10/s1. The molecule has 0 radical (unpaired) electrons. The Morgan fingerprint density at radius 1 is 0.621 bits per heavy atom. The van der Waals surface area contributed by atoms with Gasteiger partial charge < -0.3 is 29.1 Å². The van der Waals surface area contributed by atoms with Crippen molar-refractivity contribution in [1.29, 1.82) is 0 Å². The van der Waals surface area contributed by atoms with E-state index in [1.54, 1.807) is 36.7 Å². The highest BCUT2D eigenvalue weighted by molar-refractivity contribution is 7.91. The number of Topliss-reactive ketones (excluding diaryl/α,β-unsaturated/α-hetero) is 2. The maximum atomic E-state index is 12.3. The van der Waals surface area contributed by atoms with Crippen LogP contribution < -0.4 is 9.80 Å². The Hall–Kier alpha value is -5.70. The number of aliphatic hydroxyl groups is 2. The lowest BCUT2D eigenvalue weighted by Crippen LogP contribution is -2.42. The van der Waals surface area contributed by atoms with Crippen molar-refractivity contribution in [2.24, 2.45) is 11.8 Å². The molecule has 2 aliphatic rings. The number of carbonyl (C=O) groups is 2. The van der Waals surface area contributed by atoms with Crippen LogP contribution in [-0.2, 0) is 46.0 Å². The van der Waals surface area contributed by atoms with E-state index >= 15 is 0 Å². The van der Waals surface area contributed by atoms with E-state index in [9.17, 15) is 36.6 Å². The highest BCUT2D eigenvalue weighted by Gasteiger charge is 2.37. The summed E-state index contributed by atoms with van der Waals surface area (Å²) in [6.45, 7) is 17.3. The van der Waals surface area contributed by atoms with Crippen LogP contribution in [0.2, 0.25) is 0 Å². The normalized spacial score (nSPS) is 16.5. The molecule has 20 heteroatoms. The summed E-state index contributed by atoms with van der Waals surface area (Å²) >= 11 is 0. The first kappa shape index (κ1) is 48.2. The highest BCUT2D eigenvalue weighted by Crippen LogP contribution is 2.39. The Labute approximate surface area is 385 Å². The molecule has 2 aromatic carbocycles. The minimum atomic E-state index is -3.50. The van der Waals surface area contributed by atoms with Crippen molar-refractivity contribution in [3.8, 4) is 0 Å². The van der Waals surface area contributed by atoms with E-state index < -0.39 is 19.7 Å². The van der Waals surface area contributed by atoms with Crippen LogP contribution in [0.3, 0.4) is 0 Å². The molecule has 0 spiro atoms. The highest BCUT2D eigenvalue weighted by atomic mass is 32.2. The lowest BCUT2D eigenvalue weighted by Gasteiger charge is -2.38. The molecule has 66 heavy (non-hydrogen) atoms. The fourth-order valence-corrected chi connectivity index (χ4v) is 11.0. The predicted molar refractivity (Wildman–Crippen MR) is 250 cm³/mol. The summed E-state index contributed by atoms with van der Waals surface area (Å²) in [5.74, 6) is 3.05. The van der Waals surface area contributed by atoms with Gasteiger partial charge in [-0.3, -0.25) is 9.59 Å². The molecule has 2 aliphatic heterocycles. The van der Waals surface area contributed by atoms with Gasteiger partial charge in [-0.05, 0) is 61.1 Å². The predicted octanol–water partition coefficient (Wildman–Crippen LogP) is 5.68. The molecule has 0 saturated carbocycles. The van der Waals surface area contributed by atoms with Crippen molar-refractivity contribution in [1.82, 2.24) is 39.0 Å².